The zero-order valence-electron chi connectivity index (χ0n) is 16.9. The number of pyridine rings is 1. The predicted molar refractivity (Wildman–Crippen MR) is 113 cm³/mol. The van der Waals surface area contributed by atoms with Gasteiger partial charge in [-0.3, -0.25) is 24.4 Å². The lowest BCUT2D eigenvalue weighted by atomic mass is 10.1. The minimum atomic E-state index is -1.32. The molecule has 32 heavy (non-hydrogen) atoms. The summed E-state index contributed by atoms with van der Waals surface area (Å²) < 4.78 is 0. The highest BCUT2D eigenvalue weighted by Crippen LogP contribution is 2.16. The number of aryl methyl sites for hydroxylation is 2. The Morgan fingerprint density at radius 3 is 2.62 bits per heavy atom. The van der Waals surface area contributed by atoms with Gasteiger partial charge in [0.1, 0.15) is 17.4 Å². The average molecular weight is 442 g/mol. The van der Waals surface area contributed by atoms with Crippen LogP contribution in [0.4, 0.5) is 5.95 Å². The molecule has 0 bridgehead atoms. The van der Waals surface area contributed by atoms with Crippen LogP contribution in [0.25, 0.3) is 11.0 Å². The first-order valence-corrected chi connectivity index (χ1v) is 9.80. The van der Waals surface area contributed by atoms with Crippen molar-refractivity contribution in [2.45, 2.75) is 38.1 Å². The molecule has 1 amide bonds. The molecule has 0 aliphatic heterocycles. The number of carboxylic acid groups (broad SMARTS) is 2. The second-order valence-electron chi connectivity index (χ2n) is 7.19. The van der Waals surface area contributed by atoms with E-state index in [0.717, 1.165) is 11.1 Å². The number of aromatic nitrogens is 4. The van der Waals surface area contributed by atoms with Gasteiger partial charge in [-0.15, -0.1) is 0 Å². The Balaban J connectivity index is 1.57. The van der Waals surface area contributed by atoms with Crippen LogP contribution >= 0.6 is 0 Å². The molecule has 3 rings (SSSR count). The van der Waals surface area contributed by atoms with Crippen molar-refractivity contribution in [3.8, 4) is 0 Å². The first-order chi connectivity index (χ1) is 15.2. The number of nitrogens with one attached hydrogen (secondary N) is 3. The topological polar surface area (TPSA) is 204 Å². The second kappa shape index (κ2) is 9.73. The van der Waals surface area contributed by atoms with Crippen molar-refractivity contribution in [1.82, 2.24) is 25.3 Å². The summed E-state index contributed by atoms with van der Waals surface area (Å²) in [5.41, 5.74) is 7.37. The van der Waals surface area contributed by atoms with E-state index in [1.54, 1.807) is 12.3 Å². The van der Waals surface area contributed by atoms with E-state index in [4.69, 9.17) is 15.9 Å². The molecule has 0 radical (unpaired) electrons. The van der Waals surface area contributed by atoms with Gasteiger partial charge < -0.3 is 26.2 Å². The SMILES string of the molecule is Nc1nc2[nH]cc(CCCc3ccc(C(=O)N[C@@H](CCC(=O)O)C(=O)O)nc3)c2c(=O)[nH]1. The predicted octanol–water partition coefficient (Wildman–Crippen LogP) is 0.452. The van der Waals surface area contributed by atoms with E-state index in [1.807, 2.05) is 0 Å². The van der Waals surface area contributed by atoms with Crippen molar-refractivity contribution in [3.63, 3.8) is 0 Å². The van der Waals surface area contributed by atoms with E-state index in [-0.39, 0.29) is 30.0 Å². The van der Waals surface area contributed by atoms with E-state index in [1.165, 1.54) is 12.3 Å². The minimum absolute atomic E-state index is 0.0298. The molecule has 0 saturated heterocycles. The van der Waals surface area contributed by atoms with E-state index in [2.05, 4.69) is 25.3 Å². The van der Waals surface area contributed by atoms with Gasteiger partial charge in [-0.1, -0.05) is 6.07 Å². The number of hydrogen-bond donors (Lipinski definition) is 6. The molecule has 0 spiro atoms. The second-order valence-corrected chi connectivity index (χ2v) is 7.19. The molecule has 3 aromatic heterocycles. The van der Waals surface area contributed by atoms with Crippen LogP contribution in [-0.2, 0) is 22.4 Å². The summed E-state index contributed by atoms with van der Waals surface area (Å²) in [6.07, 6.45) is 4.59. The summed E-state index contributed by atoms with van der Waals surface area (Å²) in [5.74, 6) is -3.11. The molecular weight excluding hydrogens is 420 g/mol. The molecule has 0 aliphatic rings. The van der Waals surface area contributed by atoms with Gasteiger partial charge in [-0.05, 0) is 42.9 Å². The highest BCUT2D eigenvalue weighted by Gasteiger charge is 2.22. The Morgan fingerprint density at radius 1 is 1.19 bits per heavy atom. The van der Waals surface area contributed by atoms with Crippen molar-refractivity contribution < 1.29 is 24.6 Å². The molecule has 0 aromatic carbocycles. The van der Waals surface area contributed by atoms with E-state index < -0.39 is 23.9 Å². The normalized spacial score (nSPS) is 11.9. The molecule has 0 saturated carbocycles. The zero-order valence-corrected chi connectivity index (χ0v) is 16.9. The van der Waals surface area contributed by atoms with Crippen molar-refractivity contribution in [2.75, 3.05) is 5.73 Å². The number of aliphatic carboxylic acids is 2. The van der Waals surface area contributed by atoms with Crippen LogP contribution in [0.5, 0.6) is 0 Å². The van der Waals surface area contributed by atoms with Crippen LogP contribution in [0.15, 0.2) is 29.3 Å². The lowest BCUT2D eigenvalue weighted by Crippen LogP contribution is -2.41. The van der Waals surface area contributed by atoms with Crippen LogP contribution in [0, 0.1) is 0 Å². The maximum absolute atomic E-state index is 12.2. The van der Waals surface area contributed by atoms with Crippen LogP contribution in [0.2, 0.25) is 0 Å². The summed E-state index contributed by atoms with van der Waals surface area (Å²) in [6.45, 7) is 0. The molecule has 3 heterocycles. The lowest BCUT2D eigenvalue weighted by molar-refractivity contribution is -0.140. The number of nitrogens with two attached hydrogens (primary N) is 1. The Labute approximate surface area is 180 Å². The summed E-state index contributed by atoms with van der Waals surface area (Å²) in [7, 11) is 0. The van der Waals surface area contributed by atoms with Crippen molar-refractivity contribution >= 4 is 34.8 Å². The average Bonchev–Trinajstić information content (AvgIpc) is 3.14. The third-order valence-corrected chi connectivity index (χ3v) is 4.86. The number of carbonyl (C=O) groups is 3. The third-order valence-electron chi connectivity index (χ3n) is 4.86. The first kappa shape index (κ1) is 22.5. The fraction of sp³-hybridized carbons (Fsp3) is 0.300. The monoisotopic (exact) mass is 442 g/mol. The maximum Gasteiger partial charge on any atom is 0.326 e. The number of carboxylic acids is 2. The van der Waals surface area contributed by atoms with Gasteiger partial charge >= 0.3 is 11.9 Å². The van der Waals surface area contributed by atoms with Crippen molar-refractivity contribution in [1.29, 1.82) is 0 Å². The number of rotatable bonds is 10. The molecule has 0 aliphatic carbocycles. The Kier molecular flexibility index (Phi) is 6.83. The molecular formula is C20H22N6O6. The standard InChI is InChI=1S/C20H22N6O6/c21-20-25-16-15(18(30)26-20)11(9-23-16)3-1-2-10-4-5-12(22-8-10)17(29)24-13(19(31)32)6-7-14(27)28/h4-5,8-9,13H,1-3,6-7H2,(H,24,29)(H,27,28)(H,31,32)(H4,21,23,25,26,30)/t13-/m0/s1. The zero-order chi connectivity index (χ0) is 23.3. The van der Waals surface area contributed by atoms with Gasteiger partial charge in [0, 0.05) is 18.8 Å². The summed E-state index contributed by atoms with van der Waals surface area (Å²) in [5, 5.41) is 20.6. The molecule has 1 atom stereocenters. The number of carbonyl (C=O) groups excluding carboxylic acids is 1. The molecule has 3 aromatic rings. The van der Waals surface area contributed by atoms with Gasteiger partial charge in [0.15, 0.2) is 0 Å². The summed E-state index contributed by atoms with van der Waals surface area (Å²) in [6, 6.07) is 1.87. The van der Waals surface area contributed by atoms with E-state index in [0.29, 0.717) is 30.3 Å². The number of nitrogen functional groups attached to an aromatic ring is 1. The van der Waals surface area contributed by atoms with Gasteiger partial charge in [0.25, 0.3) is 11.5 Å². The maximum atomic E-state index is 12.2. The van der Waals surface area contributed by atoms with Gasteiger partial charge in [-0.2, -0.15) is 4.98 Å². The Morgan fingerprint density at radius 2 is 1.97 bits per heavy atom. The van der Waals surface area contributed by atoms with Crippen LogP contribution < -0.4 is 16.6 Å². The smallest absolute Gasteiger partial charge is 0.326 e. The molecule has 168 valence electrons. The van der Waals surface area contributed by atoms with E-state index >= 15 is 0 Å². The minimum Gasteiger partial charge on any atom is -0.481 e. The van der Waals surface area contributed by atoms with Gasteiger partial charge in [0.2, 0.25) is 5.95 Å². The van der Waals surface area contributed by atoms with E-state index in [9.17, 15) is 19.2 Å². The molecule has 12 heteroatoms. The van der Waals surface area contributed by atoms with Crippen LogP contribution in [-0.4, -0.2) is 54.0 Å². The first-order valence-electron chi connectivity index (χ1n) is 9.80. The Hall–Kier alpha value is -4.22. The van der Waals surface area contributed by atoms with Crippen molar-refractivity contribution in [2.24, 2.45) is 0 Å². The summed E-state index contributed by atoms with van der Waals surface area (Å²) >= 11 is 0. The number of H-pyrrole nitrogens is 2. The highest BCUT2D eigenvalue weighted by molar-refractivity contribution is 5.95. The molecule has 7 N–H and O–H groups in total. The number of hydrogen-bond acceptors (Lipinski definition) is 7. The lowest BCUT2D eigenvalue weighted by Gasteiger charge is -2.13. The fourth-order valence-electron chi connectivity index (χ4n) is 3.26. The Bertz CT molecular complexity index is 1200. The van der Waals surface area contributed by atoms with Crippen molar-refractivity contribution in [3.05, 3.63) is 51.7 Å². The molecule has 0 fully saturated rings. The largest absolute Gasteiger partial charge is 0.481 e. The number of amides is 1. The highest BCUT2D eigenvalue weighted by atomic mass is 16.4. The number of anilines is 1. The number of aromatic amines is 2. The summed E-state index contributed by atoms with van der Waals surface area (Å²) in [4.78, 5) is 59.7. The van der Waals surface area contributed by atoms with Crippen LogP contribution in [0.1, 0.15) is 40.9 Å². The number of fused-ring (bicyclic) bond motifs is 1. The van der Waals surface area contributed by atoms with Gasteiger partial charge in [0.05, 0.1) is 5.39 Å². The fourth-order valence-corrected chi connectivity index (χ4v) is 3.26. The van der Waals surface area contributed by atoms with Crippen LogP contribution in [0.3, 0.4) is 0 Å². The molecule has 12 nitrogen and oxygen atoms in total. The number of nitrogens with zero attached hydrogens (tertiary/aromatic N) is 2. The molecule has 0 unspecified atom stereocenters. The third kappa shape index (κ3) is 5.47. The quantitative estimate of drug-likeness (QED) is 0.257. The van der Waals surface area contributed by atoms with Gasteiger partial charge in [-0.25, -0.2) is 4.79 Å².